The molecular weight excluding hydrogens is 222 g/mol. The molecule has 0 spiro atoms. The van der Waals surface area contributed by atoms with Crippen molar-refractivity contribution >= 4 is 0 Å². The maximum atomic E-state index is 5.87. The van der Waals surface area contributed by atoms with Crippen LogP contribution in [0.15, 0.2) is 0 Å². The lowest BCUT2D eigenvalue weighted by Gasteiger charge is -2.49. The standard InChI is InChI=1S/C15H33N3/c1-12(2)6-7-14(17-16)15(18(4)5)10-8-13(3)9-11-15/h12-14,17H,6-11,16H2,1-5H3. The van der Waals surface area contributed by atoms with E-state index < -0.39 is 0 Å². The van der Waals surface area contributed by atoms with Crippen LogP contribution < -0.4 is 11.3 Å². The molecule has 3 heteroatoms. The van der Waals surface area contributed by atoms with Crippen molar-refractivity contribution in [2.75, 3.05) is 14.1 Å². The third-order valence-electron chi connectivity index (χ3n) is 4.91. The van der Waals surface area contributed by atoms with Crippen LogP contribution in [0.5, 0.6) is 0 Å². The number of nitrogens with zero attached hydrogens (tertiary/aromatic N) is 1. The van der Waals surface area contributed by atoms with Gasteiger partial charge in [-0.05, 0) is 64.5 Å². The number of nitrogens with one attached hydrogen (secondary N) is 1. The highest BCUT2D eigenvalue weighted by molar-refractivity contribution is 5.00. The van der Waals surface area contributed by atoms with Gasteiger partial charge in [0, 0.05) is 11.6 Å². The SMILES string of the molecule is CC(C)CCC(NN)C1(N(C)C)CCC(C)CC1. The average Bonchev–Trinajstić information content (AvgIpc) is 2.31. The summed E-state index contributed by atoms with van der Waals surface area (Å²) >= 11 is 0. The zero-order valence-electron chi connectivity index (χ0n) is 13.0. The molecule has 0 saturated heterocycles. The fourth-order valence-electron chi connectivity index (χ4n) is 3.38. The van der Waals surface area contributed by atoms with Crippen molar-refractivity contribution in [1.29, 1.82) is 0 Å². The second kappa shape index (κ2) is 6.88. The third kappa shape index (κ3) is 3.69. The van der Waals surface area contributed by atoms with Crippen molar-refractivity contribution in [3.8, 4) is 0 Å². The second-order valence-corrected chi connectivity index (χ2v) is 6.87. The molecule has 3 nitrogen and oxygen atoms in total. The molecule has 108 valence electrons. The molecule has 1 rings (SSSR count). The average molecular weight is 255 g/mol. The highest BCUT2D eigenvalue weighted by Gasteiger charge is 2.42. The first-order chi connectivity index (χ1) is 8.42. The van der Waals surface area contributed by atoms with Gasteiger partial charge in [0.1, 0.15) is 0 Å². The number of hydrogen-bond donors (Lipinski definition) is 2. The lowest BCUT2D eigenvalue weighted by Crippen LogP contribution is -2.62. The molecule has 0 bridgehead atoms. The molecule has 3 N–H and O–H groups in total. The second-order valence-electron chi connectivity index (χ2n) is 6.87. The smallest absolute Gasteiger partial charge is 0.0394 e. The lowest BCUT2D eigenvalue weighted by molar-refractivity contribution is 0.0385. The largest absolute Gasteiger partial charge is 0.302 e. The molecule has 0 aromatic carbocycles. The summed E-state index contributed by atoms with van der Waals surface area (Å²) in [5.41, 5.74) is 3.38. The Balaban J connectivity index is 2.74. The predicted molar refractivity (Wildman–Crippen MR) is 79.2 cm³/mol. The van der Waals surface area contributed by atoms with Gasteiger partial charge in [-0.2, -0.15) is 0 Å². The van der Waals surface area contributed by atoms with Crippen LogP contribution in [0.25, 0.3) is 0 Å². The van der Waals surface area contributed by atoms with Crippen molar-refractivity contribution < 1.29 is 0 Å². The molecule has 0 radical (unpaired) electrons. The minimum atomic E-state index is 0.260. The summed E-state index contributed by atoms with van der Waals surface area (Å²) in [4.78, 5) is 2.42. The van der Waals surface area contributed by atoms with Gasteiger partial charge in [-0.25, -0.2) is 0 Å². The van der Waals surface area contributed by atoms with Gasteiger partial charge in [0.2, 0.25) is 0 Å². The molecule has 1 unspecified atom stereocenters. The van der Waals surface area contributed by atoms with E-state index in [1.807, 2.05) is 0 Å². The molecule has 0 aliphatic heterocycles. The van der Waals surface area contributed by atoms with Gasteiger partial charge in [0.25, 0.3) is 0 Å². The Bertz CT molecular complexity index is 230. The Hall–Kier alpha value is -0.120. The normalized spacial score (nSPS) is 31.0. The Kier molecular flexibility index (Phi) is 6.09. The molecule has 0 heterocycles. The minimum Gasteiger partial charge on any atom is -0.302 e. The van der Waals surface area contributed by atoms with Gasteiger partial charge in [0.15, 0.2) is 0 Å². The Morgan fingerprint density at radius 2 is 1.78 bits per heavy atom. The summed E-state index contributed by atoms with van der Waals surface area (Å²) < 4.78 is 0. The maximum absolute atomic E-state index is 5.87. The minimum absolute atomic E-state index is 0.260. The van der Waals surface area contributed by atoms with Crippen LogP contribution >= 0.6 is 0 Å². The Labute approximate surface area is 113 Å². The highest BCUT2D eigenvalue weighted by atomic mass is 15.3. The molecule has 0 amide bonds. The maximum Gasteiger partial charge on any atom is 0.0394 e. The summed E-state index contributed by atoms with van der Waals surface area (Å²) in [5, 5.41) is 0. The Morgan fingerprint density at radius 1 is 1.22 bits per heavy atom. The van der Waals surface area contributed by atoms with E-state index in [0.717, 1.165) is 11.8 Å². The van der Waals surface area contributed by atoms with Crippen LogP contribution in [0.3, 0.4) is 0 Å². The summed E-state index contributed by atoms with van der Waals surface area (Å²) in [6.45, 7) is 6.95. The van der Waals surface area contributed by atoms with E-state index in [2.05, 4.69) is 45.2 Å². The number of rotatable bonds is 6. The van der Waals surface area contributed by atoms with E-state index in [1.54, 1.807) is 0 Å². The lowest BCUT2D eigenvalue weighted by atomic mass is 9.71. The fraction of sp³-hybridized carbons (Fsp3) is 1.00. The molecule has 1 aliphatic rings. The van der Waals surface area contributed by atoms with Gasteiger partial charge in [-0.1, -0.05) is 20.8 Å². The first kappa shape index (κ1) is 15.9. The van der Waals surface area contributed by atoms with Crippen molar-refractivity contribution in [1.82, 2.24) is 10.3 Å². The molecule has 1 atom stereocenters. The van der Waals surface area contributed by atoms with Crippen molar-refractivity contribution in [2.24, 2.45) is 17.7 Å². The number of likely N-dealkylation sites (N-methyl/N-ethyl adjacent to an activating group) is 1. The molecule has 1 saturated carbocycles. The molecule has 18 heavy (non-hydrogen) atoms. The van der Waals surface area contributed by atoms with Gasteiger partial charge in [-0.15, -0.1) is 0 Å². The topological polar surface area (TPSA) is 41.3 Å². The summed E-state index contributed by atoms with van der Waals surface area (Å²) in [6.07, 6.45) is 7.64. The van der Waals surface area contributed by atoms with Crippen LogP contribution in [-0.4, -0.2) is 30.6 Å². The van der Waals surface area contributed by atoms with Crippen LogP contribution in [-0.2, 0) is 0 Å². The van der Waals surface area contributed by atoms with Crippen LogP contribution in [0.1, 0.15) is 59.3 Å². The molecular formula is C15H33N3. The quantitative estimate of drug-likeness (QED) is 0.566. The van der Waals surface area contributed by atoms with E-state index in [0.29, 0.717) is 6.04 Å². The fourth-order valence-corrected chi connectivity index (χ4v) is 3.38. The molecule has 0 aromatic heterocycles. The van der Waals surface area contributed by atoms with E-state index >= 15 is 0 Å². The van der Waals surface area contributed by atoms with E-state index in [9.17, 15) is 0 Å². The molecule has 0 aromatic rings. The third-order valence-corrected chi connectivity index (χ3v) is 4.91. The van der Waals surface area contributed by atoms with Crippen LogP contribution in [0.2, 0.25) is 0 Å². The van der Waals surface area contributed by atoms with Gasteiger partial charge in [-0.3, -0.25) is 11.3 Å². The van der Waals surface area contributed by atoms with Gasteiger partial charge < -0.3 is 4.90 Å². The zero-order valence-corrected chi connectivity index (χ0v) is 13.0. The van der Waals surface area contributed by atoms with Gasteiger partial charge in [0.05, 0.1) is 0 Å². The summed E-state index contributed by atoms with van der Waals surface area (Å²) in [5.74, 6) is 7.50. The highest BCUT2D eigenvalue weighted by Crippen LogP contribution is 2.39. The number of hydrogen-bond acceptors (Lipinski definition) is 3. The van der Waals surface area contributed by atoms with Crippen LogP contribution in [0, 0.1) is 11.8 Å². The van der Waals surface area contributed by atoms with E-state index in [-0.39, 0.29) is 5.54 Å². The molecule has 1 aliphatic carbocycles. The first-order valence-corrected chi connectivity index (χ1v) is 7.56. The first-order valence-electron chi connectivity index (χ1n) is 7.56. The van der Waals surface area contributed by atoms with Crippen molar-refractivity contribution in [3.63, 3.8) is 0 Å². The van der Waals surface area contributed by atoms with E-state index in [1.165, 1.54) is 38.5 Å². The van der Waals surface area contributed by atoms with Gasteiger partial charge >= 0.3 is 0 Å². The molecule has 1 fully saturated rings. The monoisotopic (exact) mass is 255 g/mol. The summed E-state index contributed by atoms with van der Waals surface area (Å²) in [6, 6.07) is 0.419. The van der Waals surface area contributed by atoms with E-state index in [4.69, 9.17) is 5.84 Å². The predicted octanol–water partition coefficient (Wildman–Crippen LogP) is 2.77. The van der Waals surface area contributed by atoms with Crippen molar-refractivity contribution in [3.05, 3.63) is 0 Å². The Morgan fingerprint density at radius 3 is 2.17 bits per heavy atom. The van der Waals surface area contributed by atoms with Crippen molar-refractivity contribution in [2.45, 2.75) is 70.9 Å². The number of nitrogens with two attached hydrogens (primary N) is 1. The van der Waals surface area contributed by atoms with Crippen LogP contribution in [0.4, 0.5) is 0 Å². The number of hydrazine groups is 1. The zero-order chi connectivity index (χ0) is 13.8. The summed E-state index contributed by atoms with van der Waals surface area (Å²) in [7, 11) is 4.44.